The third-order valence-corrected chi connectivity index (χ3v) is 5.36. The Balaban J connectivity index is 1.29. The molecule has 0 radical (unpaired) electrons. The molecule has 1 aliphatic rings. The number of hydrogen-bond donors (Lipinski definition) is 1. The minimum Gasteiger partial charge on any atom is -0.339 e. The van der Waals surface area contributed by atoms with Gasteiger partial charge in [0.2, 0.25) is 17.6 Å². The summed E-state index contributed by atoms with van der Waals surface area (Å²) < 4.78 is 5.54. The van der Waals surface area contributed by atoms with E-state index in [1.807, 2.05) is 55.5 Å². The molecule has 29 heavy (non-hydrogen) atoms. The molecule has 0 spiro atoms. The van der Waals surface area contributed by atoms with Crippen LogP contribution in [0.5, 0.6) is 0 Å². The molecule has 1 saturated heterocycles. The van der Waals surface area contributed by atoms with Crippen molar-refractivity contribution >= 4 is 11.6 Å². The van der Waals surface area contributed by atoms with Gasteiger partial charge in [-0.05, 0) is 57.5 Å². The summed E-state index contributed by atoms with van der Waals surface area (Å²) in [6, 6.07) is 16.0. The van der Waals surface area contributed by atoms with E-state index in [9.17, 15) is 4.79 Å². The van der Waals surface area contributed by atoms with Gasteiger partial charge in [0.1, 0.15) is 0 Å². The van der Waals surface area contributed by atoms with Crippen LogP contribution in [0.2, 0.25) is 0 Å². The average Bonchev–Trinajstić information content (AvgIpc) is 3.19. The van der Waals surface area contributed by atoms with Crippen molar-refractivity contribution in [3.05, 3.63) is 65.5 Å². The number of carbonyl (C=O) groups is 1. The highest BCUT2D eigenvalue weighted by Gasteiger charge is 2.26. The van der Waals surface area contributed by atoms with Crippen molar-refractivity contribution in [2.45, 2.75) is 32.6 Å². The van der Waals surface area contributed by atoms with Crippen LogP contribution in [0, 0.1) is 13.8 Å². The second kappa shape index (κ2) is 8.57. The van der Waals surface area contributed by atoms with E-state index < -0.39 is 0 Å². The zero-order chi connectivity index (χ0) is 20.2. The summed E-state index contributed by atoms with van der Waals surface area (Å²) in [5.41, 5.74) is 4.15. The summed E-state index contributed by atoms with van der Waals surface area (Å²) in [6.07, 6.45) is 1.82. The van der Waals surface area contributed by atoms with Crippen molar-refractivity contribution in [1.29, 1.82) is 0 Å². The van der Waals surface area contributed by atoms with Crippen LogP contribution < -0.4 is 5.32 Å². The summed E-state index contributed by atoms with van der Waals surface area (Å²) in [5.74, 6) is 1.61. The zero-order valence-corrected chi connectivity index (χ0v) is 16.9. The fourth-order valence-corrected chi connectivity index (χ4v) is 3.69. The second-order valence-electron chi connectivity index (χ2n) is 7.79. The van der Waals surface area contributed by atoms with Gasteiger partial charge in [-0.25, -0.2) is 0 Å². The Morgan fingerprint density at radius 2 is 1.86 bits per heavy atom. The fraction of sp³-hybridized carbons (Fsp3) is 0.348. The summed E-state index contributed by atoms with van der Waals surface area (Å²) in [7, 11) is 0. The maximum Gasteiger partial charge on any atom is 0.238 e. The van der Waals surface area contributed by atoms with Gasteiger partial charge < -0.3 is 9.84 Å². The van der Waals surface area contributed by atoms with Crippen molar-refractivity contribution in [2.75, 3.05) is 25.0 Å². The van der Waals surface area contributed by atoms with Gasteiger partial charge >= 0.3 is 0 Å². The topological polar surface area (TPSA) is 71.3 Å². The lowest BCUT2D eigenvalue weighted by Crippen LogP contribution is -2.38. The first-order chi connectivity index (χ1) is 14.1. The molecule has 1 N–H and O–H groups in total. The standard InChI is InChI=1S/C23H26N4O2/c1-16-6-8-18(9-7-16)22-25-23(29-26-22)19-10-12-27(13-11-19)15-21(28)24-20-5-3-4-17(2)14-20/h3-9,14,19H,10-13,15H2,1-2H3,(H,24,28). The molecule has 3 aromatic rings. The molecule has 0 unspecified atom stereocenters. The molecule has 1 amide bonds. The first kappa shape index (κ1) is 19.3. The molecule has 6 nitrogen and oxygen atoms in total. The smallest absolute Gasteiger partial charge is 0.238 e. The summed E-state index contributed by atoms with van der Waals surface area (Å²) in [5, 5.41) is 7.13. The fourth-order valence-electron chi connectivity index (χ4n) is 3.69. The molecular formula is C23H26N4O2. The summed E-state index contributed by atoms with van der Waals surface area (Å²) in [6.45, 7) is 6.16. The number of carbonyl (C=O) groups excluding carboxylic acids is 1. The van der Waals surface area contributed by atoms with Crippen molar-refractivity contribution in [3.63, 3.8) is 0 Å². The van der Waals surface area contributed by atoms with Crippen LogP contribution in [0.25, 0.3) is 11.4 Å². The van der Waals surface area contributed by atoms with Gasteiger partial charge in [0.05, 0.1) is 6.54 Å². The van der Waals surface area contributed by atoms with E-state index in [2.05, 4.69) is 27.3 Å². The molecule has 1 fully saturated rings. The van der Waals surface area contributed by atoms with E-state index >= 15 is 0 Å². The molecule has 4 rings (SSSR count). The Bertz CT molecular complexity index is 973. The Morgan fingerprint density at radius 1 is 1.10 bits per heavy atom. The van der Waals surface area contributed by atoms with Gasteiger partial charge in [0.15, 0.2) is 0 Å². The highest BCUT2D eigenvalue weighted by atomic mass is 16.5. The minimum absolute atomic E-state index is 0.0218. The van der Waals surface area contributed by atoms with E-state index in [-0.39, 0.29) is 11.8 Å². The highest BCUT2D eigenvalue weighted by molar-refractivity contribution is 5.92. The van der Waals surface area contributed by atoms with Crippen molar-refractivity contribution in [1.82, 2.24) is 15.0 Å². The summed E-state index contributed by atoms with van der Waals surface area (Å²) in [4.78, 5) is 19.1. The van der Waals surface area contributed by atoms with Gasteiger partial charge in [0, 0.05) is 17.2 Å². The van der Waals surface area contributed by atoms with E-state index in [1.54, 1.807) is 0 Å². The van der Waals surface area contributed by atoms with E-state index in [1.165, 1.54) is 5.56 Å². The quantitative estimate of drug-likeness (QED) is 0.708. The lowest BCUT2D eigenvalue weighted by molar-refractivity contribution is -0.117. The Morgan fingerprint density at radius 3 is 2.59 bits per heavy atom. The third kappa shape index (κ3) is 4.90. The van der Waals surface area contributed by atoms with Gasteiger partial charge in [-0.15, -0.1) is 0 Å². The number of aromatic nitrogens is 2. The molecule has 6 heteroatoms. The molecule has 150 valence electrons. The largest absolute Gasteiger partial charge is 0.339 e. The molecular weight excluding hydrogens is 364 g/mol. The monoisotopic (exact) mass is 390 g/mol. The van der Waals surface area contributed by atoms with Gasteiger partial charge in [-0.2, -0.15) is 4.98 Å². The maximum atomic E-state index is 12.3. The number of piperidine rings is 1. The number of hydrogen-bond acceptors (Lipinski definition) is 5. The van der Waals surface area contributed by atoms with Crippen LogP contribution in [0.15, 0.2) is 53.1 Å². The highest BCUT2D eigenvalue weighted by Crippen LogP contribution is 2.28. The Hall–Kier alpha value is -2.99. The van der Waals surface area contributed by atoms with Gasteiger partial charge in [-0.3, -0.25) is 9.69 Å². The molecule has 2 heterocycles. The number of nitrogens with zero attached hydrogens (tertiary/aromatic N) is 3. The normalized spacial score (nSPS) is 15.4. The molecule has 1 aliphatic heterocycles. The molecule has 0 saturated carbocycles. The third-order valence-electron chi connectivity index (χ3n) is 5.36. The number of anilines is 1. The van der Waals surface area contributed by atoms with E-state index in [0.29, 0.717) is 18.3 Å². The van der Waals surface area contributed by atoms with Crippen molar-refractivity contribution in [2.24, 2.45) is 0 Å². The Labute approximate surface area is 170 Å². The van der Waals surface area contributed by atoms with E-state index in [0.717, 1.165) is 42.7 Å². The second-order valence-corrected chi connectivity index (χ2v) is 7.79. The predicted molar refractivity (Wildman–Crippen MR) is 113 cm³/mol. The number of rotatable bonds is 5. The molecule has 1 aromatic heterocycles. The van der Waals surface area contributed by atoms with Crippen LogP contribution in [-0.4, -0.2) is 40.6 Å². The van der Waals surface area contributed by atoms with Crippen LogP contribution in [-0.2, 0) is 4.79 Å². The van der Waals surface area contributed by atoms with Crippen LogP contribution in [0.3, 0.4) is 0 Å². The van der Waals surface area contributed by atoms with Crippen molar-refractivity contribution < 1.29 is 9.32 Å². The first-order valence-corrected chi connectivity index (χ1v) is 10.1. The molecule has 0 atom stereocenters. The number of amides is 1. The van der Waals surface area contributed by atoms with Crippen molar-refractivity contribution in [3.8, 4) is 11.4 Å². The molecule has 0 aliphatic carbocycles. The number of aryl methyl sites for hydroxylation is 2. The lowest BCUT2D eigenvalue weighted by atomic mass is 9.97. The number of likely N-dealkylation sites (tertiary alicyclic amines) is 1. The lowest BCUT2D eigenvalue weighted by Gasteiger charge is -2.29. The molecule has 2 aromatic carbocycles. The first-order valence-electron chi connectivity index (χ1n) is 10.1. The average molecular weight is 390 g/mol. The summed E-state index contributed by atoms with van der Waals surface area (Å²) >= 11 is 0. The zero-order valence-electron chi connectivity index (χ0n) is 16.9. The number of nitrogens with one attached hydrogen (secondary N) is 1. The van der Waals surface area contributed by atoms with E-state index in [4.69, 9.17) is 4.52 Å². The van der Waals surface area contributed by atoms with Crippen LogP contribution in [0.1, 0.15) is 35.8 Å². The molecule has 0 bridgehead atoms. The van der Waals surface area contributed by atoms with Gasteiger partial charge in [0.25, 0.3) is 0 Å². The van der Waals surface area contributed by atoms with Crippen LogP contribution >= 0.6 is 0 Å². The van der Waals surface area contributed by atoms with Gasteiger partial charge in [-0.1, -0.05) is 47.1 Å². The number of benzene rings is 2. The minimum atomic E-state index is 0.0218. The SMILES string of the molecule is Cc1ccc(-c2noc(C3CCN(CC(=O)Nc4cccc(C)c4)CC3)n2)cc1. The Kier molecular flexibility index (Phi) is 5.71. The predicted octanol–water partition coefficient (Wildman–Crippen LogP) is 4.17. The van der Waals surface area contributed by atoms with Crippen LogP contribution in [0.4, 0.5) is 5.69 Å². The maximum absolute atomic E-state index is 12.3.